The number of unbranched alkanes of at least 4 members (excludes halogenated alkanes) is 1. The second-order valence-electron chi connectivity index (χ2n) is 7.93. The molecule has 0 saturated carbocycles. The van der Waals surface area contributed by atoms with Crippen LogP contribution in [0, 0.1) is 17.6 Å². The highest BCUT2D eigenvalue weighted by molar-refractivity contribution is 5.81. The second kappa shape index (κ2) is 10.9. The molecule has 1 saturated heterocycles. The second-order valence-corrected chi connectivity index (χ2v) is 7.93. The minimum absolute atomic E-state index is 0.159. The number of benzene rings is 2. The molecule has 1 fully saturated rings. The number of nitrogens with one attached hydrogen (secondary N) is 2. The van der Waals surface area contributed by atoms with Gasteiger partial charge in [-0.3, -0.25) is 4.79 Å². The molecule has 5 nitrogen and oxygen atoms in total. The Hall–Kier alpha value is -2.96. The Labute approximate surface area is 181 Å². The van der Waals surface area contributed by atoms with E-state index < -0.39 is 0 Å². The molecule has 0 aromatic heterocycles. The van der Waals surface area contributed by atoms with Crippen LogP contribution in [-0.2, 0) is 11.3 Å². The van der Waals surface area contributed by atoms with Crippen LogP contribution >= 0.6 is 0 Å². The molecule has 2 aromatic rings. The Balaban J connectivity index is 1.67. The van der Waals surface area contributed by atoms with Gasteiger partial charge in [0.15, 0.2) is 0 Å². The van der Waals surface area contributed by atoms with Crippen molar-refractivity contribution in [3.05, 3.63) is 71.3 Å². The highest BCUT2D eigenvalue weighted by Gasteiger charge is 2.35. The third kappa shape index (κ3) is 6.26. The monoisotopic (exact) mass is 429 g/mol. The van der Waals surface area contributed by atoms with Crippen LogP contribution in [0.25, 0.3) is 0 Å². The molecule has 0 spiro atoms. The molecule has 7 heteroatoms. The zero-order valence-corrected chi connectivity index (χ0v) is 17.7. The number of hydrogen-bond acceptors (Lipinski definition) is 2. The van der Waals surface area contributed by atoms with Crippen molar-refractivity contribution in [3.63, 3.8) is 0 Å². The lowest BCUT2D eigenvalue weighted by Gasteiger charge is -2.39. The average molecular weight is 430 g/mol. The number of carbonyl (C=O) groups excluding carboxylic acids is 2. The van der Waals surface area contributed by atoms with Gasteiger partial charge in [-0.2, -0.15) is 0 Å². The van der Waals surface area contributed by atoms with E-state index in [1.807, 2.05) is 6.92 Å². The molecule has 3 amide bonds. The van der Waals surface area contributed by atoms with Crippen molar-refractivity contribution in [3.8, 4) is 0 Å². The largest absolute Gasteiger partial charge is 0.352 e. The van der Waals surface area contributed by atoms with Crippen LogP contribution in [0.2, 0.25) is 0 Å². The van der Waals surface area contributed by atoms with Crippen molar-refractivity contribution in [2.45, 2.75) is 45.2 Å². The Kier molecular flexibility index (Phi) is 7.98. The predicted octanol–water partition coefficient (Wildman–Crippen LogP) is 4.54. The van der Waals surface area contributed by atoms with Crippen molar-refractivity contribution in [2.24, 2.45) is 5.92 Å². The molecule has 0 aliphatic carbocycles. The van der Waals surface area contributed by atoms with Gasteiger partial charge in [0, 0.05) is 19.6 Å². The van der Waals surface area contributed by atoms with Crippen LogP contribution < -0.4 is 10.6 Å². The van der Waals surface area contributed by atoms with Crippen molar-refractivity contribution in [1.82, 2.24) is 15.5 Å². The summed E-state index contributed by atoms with van der Waals surface area (Å²) < 4.78 is 26.7. The number of urea groups is 1. The van der Waals surface area contributed by atoms with Crippen molar-refractivity contribution in [2.75, 3.05) is 13.1 Å². The zero-order valence-electron chi connectivity index (χ0n) is 17.7. The quantitative estimate of drug-likeness (QED) is 0.635. The average Bonchev–Trinajstić information content (AvgIpc) is 2.78. The summed E-state index contributed by atoms with van der Waals surface area (Å²) in [5, 5.41) is 5.78. The Bertz CT molecular complexity index is 889. The van der Waals surface area contributed by atoms with Gasteiger partial charge in [-0.15, -0.1) is 0 Å². The summed E-state index contributed by atoms with van der Waals surface area (Å²) in [7, 11) is 0. The number of amides is 3. The van der Waals surface area contributed by atoms with Gasteiger partial charge >= 0.3 is 6.03 Å². The molecular formula is C24H29F2N3O2. The first kappa shape index (κ1) is 22.7. The number of rotatable bonds is 7. The van der Waals surface area contributed by atoms with Gasteiger partial charge in [-0.25, -0.2) is 13.6 Å². The lowest BCUT2D eigenvalue weighted by molar-refractivity contribution is -0.126. The molecule has 2 N–H and O–H groups in total. The van der Waals surface area contributed by atoms with Gasteiger partial charge in [0.1, 0.15) is 11.6 Å². The molecule has 1 heterocycles. The van der Waals surface area contributed by atoms with E-state index in [0.717, 1.165) is 18.4 Å². The third-order valence-electron chi connectivity index (χ3n) is 5.63. The minimum Gasteiger partial charge on any atom is -0.352 e. The van der Waals surface area contributed by atoms with Gasteiger partial charge in [0.25, 0.3) is 0 Å². The van der Waals surface area contributed by atoms with Crippen LogP contribution in [0.1, 0.15) is 49.8 Å². The van der Waals surface area contributed by atoms with E-state index in [4.69, 9.17) is 0 Å². The van der Waals surface area contributed by atoms with E-state index in [0.29, 0.717) is 24.9 Å². The molecule has 0 bridgehead atoms. The fourth-order valence-electron chi connectivity index (χ4n) is 3.89. The highest BCUT2D eigenvalue weighted by Crippen LogP contribution is 2.33. The van der Waals surface area contributed by atoms with Crippen LogP contribution in [0.5, 0.6) is 0 Å². The maximum absolute atomic E-state index is 13.4. The summed E-state index contributed by atoms with van der Waals surface area (Å²) in [4.78, 5) is 27.3. The van der Waals surface area contributed by atoms with Crippen LogP contribution in [0.3, 0.4) is 0 Å². The van der Waals surface area contributed by atoms with E-state index in [2.05, 4.69) is 10.6 Å². The summed E-state index contributed by atoms with van der Waals surface area (Å²) in [6.45, 7) is 3.12. The van der Waals surface area contributed by atoms with Crippen LogP contribution in [-0.4, -0.2) is 29.9 Å². The first-order chi connectivity index (χ1) is 15.0. The first-order valence-corrected chi connectivity index (χ1v) is 10.8. The van der Waals surface area contributed by atoms with Crippen molar-refractivity contribution >= 4 is 11.9 Å². The van der Waals surface area contributed by atoms with Gasteiger partial charge in [0.2, 0.25) is 5.91 Å². The van der Waals surface area contributed by atoms with Gasteiger partial charge in [0.05, 0.1) is 12.0 Å². The molecule has 1 aliphatic heterocycles. The number of nitrogens with zero attached hydrogens (tertiary/aromatic N) is 1. The van der Waals surface area contributed by atoms with Crippen molar-refractivity contribution in [1.29, 1.82) is 0 Å². The normalized spacial score (nSPS) is 18.5. The number of likely N-dealkylation sites (tertiary alicyclic amines) is 1. The summed E-state index contributed by atoms with van der Waals surface area (Å²) in [6, 6.07) is 11.8. The number of carbonyl (C=O) groups is 2. The van der Waals surface area contributed by atoms with Gasteiger partial charge < -0.3 is 15.5 Å². The smallest absolute Gasteiger partial charge is 0.317 e. The molecule has 166 valence electrons. The van der Waals surface area contributed by atoms with E-state index in [9.17, 15) is 18.4 Å². The topological polar surface area (TPSA) is 61.4 Å². The van der Waals surface area contributed by atoms with E-state index in [1.54, 1.807) is 29.2 Å². The number of halogens is 2. The maximum atomic E-state index is 13.4. The molecule has 2 atom stereocenters. The molecular weight excluding hydrogens is 400 g/mol. The minimum atomic E-state index is -0.359. The molecule has 2 aromatic carbocycles. The third-order valence-corrected chi connectivity index (χ3v) is 5.63. The molecule has 3 rings (SSSR count). The lowest BCUT2D eigenvalue weighted by Crippen LogP contribution is -2.50. The van der Waals surface area contributed by atoms with E-state index in [1.165, 1.54) is 24.3 Å². The standard InChI is InChI=1S/C24H29F2N3O2/c1-2-3-13-27-24(31)29-16-19(9-12-22(29)18-7-10-20(25)11-8-18)23(30)28-15-17-5-4-6-21(26)14-17/h4-8,10-11,14,19,22H,2-3,9,12-13,15-16H2,1H3,(H,27,31)(H,28,30)/t19-,22+/m0/s1. The van der Waals surface area contributed by atoms with E-state index in [-0.39, 0.29) is 48.6 Å². The fraction of sp³-hybridized carbons (Fsp3) is 0.417. The number of piperidine rings is 1. The zero-order chi connectivity index (χ0) is 22.2. The van der Waals surface area contributed by atoms with Crippen molar-refractivity contribution < 1.29 is 18.4 Å². The van der Waals surface area contributed by atoms with Gasteiger partial charge in [-0.05, 0) is 54.7 Å². The molecule has 0 radical (unpaired) electrons. The highest BCUT2D eigenvalue weighted by atomic mass is 19.1. The summed E-state index contributed by atoms with van der Waals surface area (Å²) in [5.41, 5.74) is 1.54. The number of hydrogen-bond donors (Lipinski definition) is 2. The lowest BCUT2D eigenvalue weighted by atomic mass is 9.88. The van der Waals surface area contributed by atoms with Crippen LogP contribution in [0.15, 0.2) is 48.5 Å². The fourth-order valence-corrected chi connectivity index (χ4v) is 3.89. The summed E-state index contributed by atoms with van der Waals surface area (Å²) >= 11 is 0. The summed E-state index contributed by atoms with van der Waals surface area (Å²) in [6.07, 6.45) is 3.05. The maximum Gasteiger partial charge on any atom is 0.317 e. The molecule has 0 unspecified atom stereocenters. The van der Waals surface area contributed by atoms with Gasteiger partial charge in [-0.1, -0.05) is 37.6 Å². The van der Waals surface area contributed by atoms with E-state index >= 15 is 0 Å². The summed E-state index contributed by atoms with van der Waals surface area (Å²) in [5.74, 6) is -1.19. The first-order valence-electron chi connectivity index (χ1n) is 10.8. The molecule has 1 aliphatic rings. The Morgan fingerprint density at radius 1 is 1.03 bits per heavy atom. The Morgan fingerprint density at radius 2 is 1.81 bits per heavy atom. The molecule has 31 heavy (non-hydrogen) atoms. The SMILES string of the molecule is CCCCNC(=O)N1C[C@@H](C(=O)NCc2cccc(F)c2)CC[C@@H]1c1ccc(F)cc1. The van der Waals surface area contributed by atoms with Crippen LogP contribution in [0.4, 0.5) is 13.6 Å². The predicted molar refractivity (Wildman–Crippen MR) is 115 cm³/mol. The Morgan fingerprint density at radius 3 is 2.52 bits per heavy atom.